The highest BCUT2D eigenvalue weighted by atomic mass is 28.4. The lowest BCUT2D eigenvalue weighted by Gasteiger charge is -2.52. The fraction of sp³-hybridized carbons (Fsp3) is 0.579. The molecule has 1 saturated carbocycles. The third-order valence-corrected chi connectivity index (χ3v) is 10.4. The third kappa shape index (κ3) is 2.84. The van der Waals surface area contributed by atoms with Crippen molar-refractivity contribution >= 4 is 25.6 Å². The van der Waals surface area contributed by atoms with Gasteiger partial charge >= 0.3 is 0 Å². The van der Waals surface area contributed by atoms with Crippen molar-refractivity contribution in [3.8, 4) is 0 Å². The Labute approximate surface area is 145 Å². The summed E-state index contributed by atoms with van der Waals surface area (Å²) in [6.45, 7) is 13.7. The molecule has 5 heteroatoms. The fourth-order valence-electron chi connectivity index (χ4n) is 3.47. The van der Waals surface area contributed by atoms with Gasteiger partial charge in [-0.05, 0) is 50.0 Å². The smallest absolute Gasteiger partial charge is 0.192 e. The Hall–Kier alpha value is -1.46. The van der Waals surface area contributed by atoms with Gasteiger partial charge < -0.3 is 8.99 Å². The number of para-hydroxylation sites is 1. The minimum absolute atomic E-state index is 0.0691. The lowest BCUT2D eigenvalue weighted by molar-refractivity contribution is -0.0377. The van der Waals surface area contributed by atoms with E-state index in [4.69, 9.17) is 4.43 Å². The molecule has 0 amide bonds. The molecule has 1 heterocycles. The number of benzene rings is 1. The van der Waals surface area contributed by atoms with Gasteiger partial charge in [0, 0.05) is 11.6 Å². The molecule has 24 heavy (non-hydrogen) atoms. The summed E-state index contributed by atoms with van der Waals surface area (Å²) in [4.78, 5) is 15.8. The van der Waals surface area contributed by atoms with Gasteiger partial charge in [0.2, 0.25) is 0 Å². The molecule has 0 unspecified atom stereocenters. The molecule has 0 aliphatic heterocycles. The fourth-order valence-corrected chi connectivity index (χ4v) is 5.18. The monoisotopic (exact) mass is 344 g/mol. The van der Waals surface area contributed by atoms with E-state index in [9.17, 15) is 4.79 Å². The van der Waals surface area contributed by atoms with E-state index in [1.54, 1.807) is 0 Å². The summed E-state index contributed by atoms with van der Waals surface area (Å²) in [5.74, 6) is 0. The van der Waals surface area contributed by atoms with Crippen LogP contribution < -0.4 is 0 Å². The summed E-state index contributed by atoms with van der Waals surface area (Å²) in [6, 6.07) is 6.06. The van der Waals surface area contributed by atoms with E-state index in [1.807, 2.05) is 24.5 Å². The number of hydrogen-bond acceptors (Lipinski definition) is 3. The predicted molar refractivity (Wildman–Crippen MR) is 100 cm³/mol. The van der Waals surface area contributed by atoms with Gasteiger partial charge in [-0.2, -0.15) is 0 Å². The topological polar surface area (TPSA) is 44.1 Å². The van der Waals surface area contributed by atoms with Crippen LogP contribution >= 0.6 is 0 Å². The lowest BCUT2D eigenvalue weighted by Crippen LogP contribution is -2.54. The molecule has 130 valence electrons. The Morgan fingerprint density at radius 1 is 1.33 bits per heavy atom. The predicted octanol–water partition coefficient (Wildman–Crippen LogP) is 4.96. The van der Waals surface area contributed by atoms with Crippen LogP contribution in [0.25, 0.3) is 11.0 Å². The molecule has 0 bridgehead atoms. The van der Waals surface area contributed by atoms with Crippen LogP contribution in [0.5, 0.6) is 0 Å². The van der Waals surface area contributed by atoms with Crippen molar-refractivity contribution in [1.29, 1.82) is 0 Å². The standard InChI is InChI=1S/C19H28N2O2Si/c1-18(2,3)24(5,6)23-19(4)10-15(11-19)21-13-20-16-9-7-8-14(12-22)17(16)21/h7-9,12-13,15H,10-11H2,1-6H3. The third-order valence-electron chi connectivity index (χ3n) is 5.79. The van der Waals surface area contributed by atoms with Gasteiger partial charge in [0.15, 0.2) is 14.6 Å². The second-order valence-electron chi connectivity index (χ2n) is 8.86. The molecule has 2 aromatic rings. The number of carbonyl (C=O) groups is 1. The van der Waals surface area contributed by atoms with Gasteiger partial charge in [-0.1, -0.05) is 26.8 Å². The zero-order chi connectivity index (χ0) is 17.8. The van der Waals surface area contributed by atoms with Crippen LogP contribution in [0.3, 0.4) is 0 Å². The Bertz CT molecular complexity index is 767. The van der Waals surface area contributed by atoms with Gasteiger partial charge in [-0.15, -0.1) is 0 Å². The number of imidazole rings is 1. The summed E-state index contributed by atoms with van der Waals surface area (Å²) in [6.07, 6.45) is 4.73. The molecule has 0 spiro atoms. The largest absolute Gasteiger partial charge is 0.411 e. The summed E-state index contributed by atoms with van der Waals surface area (Å²) < 4.78 is 8.82. The second kappa shape index (κ2) is 5.53. The first kappa shape index (κ1) is 17.4. The molecule has 1 aromatic heterocycles. The van der Waals surface area contributed by atoms with Crippen LogP contribution in [0.4, 0.5) is 0 Å². The molecule has 0 radical (unpaired) electrons. The van der Waals surface area contributed by atoms with Crippen LogP contribution in [0.1, 0.15) is 56.9 Å². The van der Waals surface area contributed by atoms with Gasteiger partial charge in [0.1, 0.15) is 0 Å². The van der Waals surface area contributed by atoms with Crippen LogP contribution in [0, 0.1) is 0 Å². The molecule has 1 aliphatic rings. The first-order valence-electron chi connectivity index (χ1n) is 8.67. The van der Waals surface area contributed by atoms with Gasteiger partial charge in [-0.3, -0.25) is 4.79 Å². The maximum absolute atomic E-state index is 11.4. The van der Waals surface area contributed by atoms with E-state index in [2.05, 4.69) is 50.3 Å². The first-order chi connectivity index (χ1) is 11.1. The minimum Gasteiger partial charge on any atom is -0.411 e. The van der Waals surface area contributed by atoms with E-state index in [0.29, 0.717) is 11.6 Å². The number of aldehydes is 1. The lowest BCUT2D eigenvalue weighted by atomic mass is 9.77. The number of hydrogen-bond donors (Lipinski definition) is 0. The Morgan fingerprint density at radius 2 is 2.00 bits per heavy atom. The maximum atomic E-state index is 11.4. The van der Waals surface area contributed by atoms with Crippen molar-refractivity contribution < 1.29 is 9.22 Å². The Morgan fingerprint density at radius 3 is 2.58 bits per heavy atom. The van der Waals surface area contributed by atoms with Crippen molar-refractivity contribution in [3.05, 3.63) is 30.1 Å². The van der Waals surface area contributed by atoms with Crippen molar-refractivity contribution in [2.75, 3.05) is 0 Å². The highest BCUT2D eigenvalue weighted by Gasteiger charge is 2.49. The van der Waals surface area contributed by atoms with Crippen LogP contribution in [0.2, 0.25) is 18.1 Å². The zero-order valence-corrected chi connectivity index (χ0v) is 16.6. The van der Waals surface area contributed by atoms with Crippen LogP contribution in [0.15, 0.2) is 24.5 Å². The van der Waals surface area contributed by atoms with Crippen molar-refractivity contribution in [1.82, 2.24) is 9.55 Å². The minimum atomic E-state index is -1.78. The summed E-state index contributed by atoms with van der Waals surface area (Å²) in [5.41, 5.74) is 2.48. The van der Waals surface area contributed by atoms with E-state index < -0.39 is 8.32 Å². The molecule has 4 nitrogen and oxygen atoms in total. The molecular formula is C19H28N2O2Si. The number of rotatable bonds is 4. The number of nitrogens with zero attached hydrogens (tertiary/aromatic N) is 2. The molecule has 1 fully saturated rings. The van der Waals surface area contributed by atoms with Gasteiger partial charge in [0.05, 0.1) is 23.0 Å². The molecule has 0 atom stereocenters. The summed E-state index contributed by atoms with van der Waals surface area (Å²) in [7, 11) is -1.78. The van der Waals surface area contributed by atoms with Crippen molar-refractivity contribution in [2.45, 2.75) is 70.3 Å². The molecule has 1 aliphatic carbocycles. The van der Waals surface area contributed by atoms with Gasteiger partial charge in [0.25, 0.3) is 0 Å². The van der Waals surface area contributed by atoms with E-state index in [-0.39, 0.29) is 10.6 Å². The normalized spacial score (nSPS) is 24.8. The highest BCUT2D eigenvalue weighted by Crippen LogP contribution is 2.49. The van der Waals surface area contributed by atoms with Crippen LogP contribution in [-0.4, -0.2) is 29.8 Å². The number of fused-ring (bicyclic) bond motifs is 1. The second-order valence-corrected chi connectivity index (χ2v) is 13.6. The average Bonchev–Trinajstić information content (AvgIpc) is 2.86. The Balaban J connectivity index is 1.81. The molecule has 0 saturated heterocycles. The highest BCUT2D eigenvalue weighted by molar-refractivity contribution is 6.74. The summed E-state index contributed by atoms with van der Waals surface area (Å²) >= 11 is 0. The summed E-state index contributed by atoms with van der Waals surface area (Å²) in [5, 5.41) is 0.216. The Kier molecular flexibility index (Phi) is 4.00. The number of aromatic nitrogens is 2. The first-order valence-corrected chi connectivity index (χ1v) is 11.6. The van der Waals surface area contributed by atoms with Crippen molar-refractivity contribution in [3.63, 3.8) is 0 Å². The molecular weight excluding hydrogens is 316 g/mol. The molecule has 1 aromatic carbocycles. The average molecular weight is 345 g/mol. The van der Waals surface area contributed by atoms with E-state index >= 15 is 0 Å². The maximum Gasteiger partial charge on any atom is 0.192 e. The van der Waals surface area contributed by atoms with E-state index in [0.717, 1.165) is 30.2 Å². The zero-order valence-electron chi connectivity index (χ0n) is 15.6. The van der Waals surface area contributed by atoms with Gasteiger partial charge in [-0.25, -0.2) is 4.98 Å². The van der Waals surface area contributed by atoms with Crippen molar-refractivity contribution in [2.24, 2.45) is 0 Å². The molecule has 0 N–H and O–H groups in total. The SMILES string of the molecule is CC1(O[Si](C)(C)C(C)(C)C)CC(n2cnc3cccc(C=O)c32)C1. The van der Waals surface area contributed by atoms with Crippen LogP contribution in [-0.2, 0) is 4.43 Å². The number of carbonyl (C=O) groups excluding carboxylic acids is 1. The van der Waals surface area contributed by atoms with E-state index in [1.165, 1.54) is 0 Å². The molecule has 3 rings (SSSR count). The quantitative estimate of drug-likeness (QED) is 0.581.